The molecule has 1 atom stereocenters. The highest BCUT2D eigenvalue weighted by atomic mass is 16.6. The first kappa shape index (κ1) is 12.7. The largest absolute Gasteiger partial charge is 0.423 e. The number of Topliss-reactive ketones (excluding diaryl/α,β-unsaturated/α-hetero) is 1. The van der Waals surface area contributed by atoms with Crippen LogP contribution in [0.4, 0.5) is 4.79 Å². The van der Waals surface area contributed by atoms with Crippen molar-refractivity contribution >= 4 is 11.9 Å². The van der Waals surface area contributed by atoms with E-state index in [1.54, 1.807) is 6.92 Å². The van der Waals surface area contributed by atoms with Gasteiger partial charge in [0.25, 0.3) is 0 Å². The van der Waals surface area contributed by atoms with Gasteiger partial charge in [-0.3, -0.25) is 9.69 Å². The van der Waals surface area contributed by atoms with Gasteiger partial charge in [0, 0.05) is 18.0 Å². The summed E-state index contributed by atoms with van der Waals surface area (Å²) in [4.78, 5) is 23.9. The van der Waals surface area contributed by atoms with E-state index in [1.807, 2.05) is 6.07 Å². The van der Waals surface area contributed by atoms with Crippen LogP contribution in [-0.4, -0.2) is 16.8 Å². The van der Waals surface area contributed by atoms with Gasteiger partial charge < -0.3 is 4.74 Å². The fourth-order valence-corrected chi connectivity index (χ4v) is 1.29. The van der Waals surface area contributed by atoms with E-state index < -0.39 is 12.0 Å². The fraction of sp³-hybridized carbons (Fsp3) is 0.250. The Balaban J connectivity index is 2.93. The van der Waals surface area contributed by atoms with Crippen molar-refractivity contribution in [1.82, 2.24) is 4.90 Å². The number of hydrogen-bond acceptors (Lipinski definition) is 4. The van der Waals surface area contributed by atoms with Gasteiger partial charge in [0.15, 0.2) is 5.78 Å². The van der Waals surface area contributed by atoms with E-state index in [0.29, 0.717) is 0 Å². The maximum Gasteiger partial charge on any atom is 0.423 e. The molecule has 1 rings (SSSR count). The fourth-order valence-electron chi connectivity index (χ4n) is 1.29. The third kappa shape index (κ3) is 3.05. The molecule has 1 amide bonds. The Morgan fingerprint density at radius 1 is 1.53 bits per heavy atom. The maximum atomic E-state index is 11.5. The minimum Gasteiger partial charge on any atom is -0.415 e. The number of carbonyl (C=O) groups excluding carboxylic acids is 2. The van der Waals surface area contributed by atoms with E-state index in [9.17, 15) is 9.59 Å². The number of amides is 1. The van der Waals surface area contributed by atoms with E-state index in [-0.39, 0.29) is 17.1 Å². The monoisotopic (exact) mass is 232 g/mol. The zero-order chi connectivity index (χ0) is 13.0. The summed E-state index contributed by atoms with van der Waals surface area (Å²) >= 11 is 0. The van der Waals surface area contributed by atoms with Crippen LogP contribution in [-0.2, 0) is 9.53 Å². The first-order chi connectivity index (χ1) is 7.95. The van der Waals surface area contributed by atoms with Gasteiger partial charge in [-0.15, -0.1) is 0 Å². The minimum atomic E-state index is -0.663. The maximum absolute atomic E-state index is 11.5. The molecular formula is C12H12N2O3. The molecule has 0 aromatic heterocycles. The van der Waals surface area contributed by atoms with E-state index in [2.05, 4.69) is 6.58 Å². The Bertz CT molecular complexity index is 469. The van der Waals surface area contributed by atoms with Crippen LogP contribution in [0.3, 0.4) is 0 Å². The molecular weight excluding hydrogens is 220 g/mol. The molecule has 1 aliphatic rings. The van der Waals surface area contributed by atoms with Gasteiger partial charge >= 0.3 is 6.09 Å². The number of allylic oxidation sites excluding steroid dienone is 3. The highest BCUT2D eigenvalue weighted by molar-refractivity contribution is 5.95. The van der Waals surface area contributed by atoms with Crippen LogP contribution >= 0.6 is 0 Å². The lowest BCUT2D eigenvalue weighted by Crippen LogP contribution is -2.26. The summed E-state index contributed by atoms with van der Waals surface area (Å²) < 4.78 is 4.79. The predicted octanol–water partition coefficient (Wildman–Crippen LogP) is 2.10. The standard InChI is InChI=1S/C12H12N2O3/c1-8(2)17-12(16)14-5-4-10(6-13)11(7-14)9(3)15/h4-5,7,10H,1H2,2-3H3. The average Bonchev–Trinajstić information content (AvgIpc) is 2.27. The lowest BCUT2D eigenvalue weighted by Gasteiger charge is -2.20. The highest BCUT2D eigenvalue weighted by Gasteiger charge is 2.23. The molecule has 0 radical (unpaired) electrons. The third-order valence-electron chi connectivity index (χ3n) is 2.07. The number of nitriles is 1. The van der Waals surface area contributed by atoms with Crippen LogP contribution in [0, 0.1) is 17.2 Å². The van der Waals surface area contributed by atoms with Gasteiger partial charge in [0.1, 0.15) is 0 Å². The summed E-state index contributed by atoms with van der Waals surface area (Å²) in [6, 6.07) is 1.96. The Morgan fingerprint density at radius 2 is 2.18 bits per heavy atom. The third-order valence-corrected chi connectivity index (χ3v) is 2.07. The van der Waals surface area contributed by atoms with Crippen LogP contribution in [0.1, 0.15) is 13.8 Å². The molecule has 0 saturated heterocycles. The van der Waals surface area contributed by atoms with Crippen LogP contribution in [0.25, 0.3) is 0 Å². The summed E-state index contributed by atoms with van der Waals surface area (Å²) in [7, 11) is 0. The van der Waals surface area contributed by atoms with Crippen molar-refractivity contribution in [2.24, 2.45) is 5.92 Å². The van der Waals surface area contributed by atoms with Gasteiger partial charge in [-0.2, -0.15) is 5.26 Å². The first-order valence-corrected chi connectivity index (χ1v) is 4.92. The van der Waals surface area contributed by atoms with Gasteiger partial charge in [-0.05, 0) is 19.9 Å². The van der Waals surface area contributed by atoms with Gasteiger partial charge in [-0.1, -0.05) is 6.58 Å². The second kappa shape index (κ2) is 5.12. The van der Waals surface area contributed by atoms with Crippen molar-refractivity contribution in [2.45, 2.75) is 13.8 Å². The molecule has 1 unspecified atom stereocenters. The zero-order valence-electron chi connectivity index (χ0n) is 9.64. The Morgan fingerprint density at radius 3 is 2.65 bits per heavy atom. The van der Waals surface area contributed by atoms with Crippen molar-refractivity contribution in [3.05, 3.63) is 36.4 Å². The molecule has 0 spiro atoms. The van der Waals surface area contributed by atoms with Crippen molar-refractivity contribution < 1.29 is 14.3 Å². The second-order valence-electron chi connectivity index (χ2n) is 3.57. The summed E-state index contributed by atoms with van der Waals surface area (Å²) in [5, 5.41) is 8.84. The average molecular weight is 232 g/mol. The summed E-state index contributed by atoms with van der Waals surface area (Å²) in [5.41, 5.74) is 0.258. The van der Waals surface area contributed by atoms with Crippen molar-refractivity contribution in [3.8, 4) is 6.07 Å². The topological polar surface area (TPSA) is 70.4 Å². The molecule has 17 heavy (non-hydrogen) atoms. The molecule has 0 aliphatic carbocycles. The quantitative estimate of drug-likeness (QED) is 0.683. The number of carbonyl (C=O) groups is 2. The summed E-state index contributed by atoms with van der Waals surface area (Å²) in [6.45, 7) is 6.33. The highest BCUT2D eigenvalue weighted by Crippen LogP contribution is 2.20. The van der Waals surface area contributed by atoms with Crippen LogP contribution in [0.5, 0.6) is 0 Å². The molecule has 0 N–H and O–H groups in total. The number of ether oxygens (including phenoxy) is 1. The van der Waals surface area contributed by atoms with Crippen LogP contribution in [0.2, 0.25) is 0 Å². The molecule has 1 heterocycles. The Kier molecular flexibility index (Phi) is 3.83. The summed E-state index contributed by atoms with van der Waals surface area (Å²) in [6.07, 6.45) is 3.51. The second-order valence-corrected chi connectivity index (χ2v) is 3.57. The van der Waals surface area contributed by atoms with Gasteiger partial charge in [0.05, 0.1) is 17.7 Å². The zero-order valence-corrected chi connectivity index (χ0v) is 9.64. The molecule has 1 aliphatic heterocycles. The minimum absolute atomic E-state index is 0.253. The lowest BCUT2D eigenvalue weighted by atomic mass is 9.96. The van der Waals surface area contributed by atoms with Gasteiger partial charge in [0.2, 0.25) is 0 Å². The van der Waals surface area contributed by atoms with Crippen LogP contribution < -0.4 is 0 Å². The van der Waals surface area contributed by atoms with E-state index >= 15 is 0 Å². The Hall–Kier alpha value is -2.35. The number of hydrogen-bond donors (Lipinski definition) is 0. The molecule has 0 aromatic carbocycles. The first-order valence-electron chi connectivity index (χ1n) is 4.92. The van der Waals surface area contributed by atoms with Crippen molar-refractivity contribution in [2.75, 3.05) is 0 Å². The van der Waals surface area contributed by atoms with Crippen molar-refractivity contribution in [1.29, 1.82) is 5.26 Å². The van der Waals surface area contributed by atoms with E-state index in [4.69, 9.17) is 10.00 Å². The molecule has 5 nitrogen and oxygen atoms in total. The number of rotatable bonds is 2. The van der Waals surface area contributed by atoms with Crippen molar-refractivity contribution in [3.63, 3.8) is 0 Å². The number of nitrogens with zero attached hydrogens (tertiary/aromatic N) is 2. The molecule has 0 aromatic rings. The molecule has 0 fully saturated rings. The normalized spacial score (nSPS) is 18.1. The smallest absolute Gasteiger partial charge is 0.415 e. The van der Waals surface area contributed by atoms with Gasteiger partial charge in [-0.25, -0.2) is 4.79 Å². The molecule has 88 valence electrons. The molecule has 5 heteroatoms. The van der Waals surface area contributed by atoms with Crippen LogP contribution in [0.15, 0.2) is 36.4 Å². The Labute approximate surface area is 99.3 Å². The SMILES string of the molecule is C=C(C)OC(=O)N1C=CC(C#N)C(C(C)=O)=C1. The lowest BCUT2D eigenvalue weighted by molar-refractivity contribution is -0.113. The molecule has 0 bridgehead atoms. The van der Waals surface area contributed by atoms with E-state index in [0.717, 1.165) is 4.90 Å². The molecule has 0 saturated carbocycles. The predicted molar refractivity (Wildman–Crippen MR) is 60.1 cm³/mol. The van der Waals surface area contributed by atoms with E-state index in [1.165, 1.54) is 25.4 Å². The summed E-state index contributed by atoms with van der Waals surface area (Å²) in [5.74, 6) is -0.626. The number of ketones is 1.